The quantitative estimate of drug-likeness (QED) is 0.133. The van der Waals surface area contributed by atoms with Crippen molar-refractivity contribution in [2.45, 2.75) is 78.6 Å². The van der Waals surface area contributed by atoms with Gasteiger partial charge >= 0.3 is 0 Å². The Balaban J connectivity index is 1.16. The third kappa shape index (κ3) is 9.98. The highest BCUT2D eigenvalue weighted by atomic mass is 15.2. The summed E-state index contributed by atoms with van der Waals surface area (Å²) in [6.45, 7) is 19.6. The first kappa shape index (κ1) is 48.1. The Bertz CT molecular complexity index is 5720. The molecule has 0 bridgehead atoms. The minimum absolute atomic E-state index is 0.0638. The van der Waals surface area contributed by atoms with E-state index in [2.05, 4.69) is 265 Å². The van der Waals surface area contributed by atoms with Gasteiger partial charge in [0.25, 0.3) is 6.71 Å². The SMILES string of the molecule is [2H]c1c([2H])c([2H])c(-c2ccc3c(c2)N(c2c(-c4ccccc4)cc(C(C)(C)C)cc2-c2ccccc2)c2cc(-c4cc(C(C)(C)C)cc(C(C)(C)C)c4)cc4c2B3c2ccc(-c3c([2H])c([2H])c([2H])c([2H])c3[2H])cc2N4c2c(-c3ccccc3)ccc3c2c2ccccc2n3-c2ccccc2)c([2H])c1[2H]. The van der Waals surface area contributed by atoms with Gasteiger partial charge in [0.05, 0.1) is 36.1 Å². The van der Waals surface area contributed by atoms with Crippen molar-refractivity contribution in [3.63, 3.8) is 0 Å². The molecule has 0 fully saturated rings. The van der Waals surface area contributed by atoms with Crippen molar-refractivity contribution in [2.24, 2.45) is 0 Å². The molecular formula is C90H76BN3. The van der Waals surface area contributed by atoms with Gasteiger partial charge in [0, 0.05) is 55.9 Å². The molecule has 16 rings (SSSR count). The summed E-state index contributed by atoms with van der Waals surface area (Å²) in [4.78, 5) is 4.83. The molecule has 0 unspecified atom stereocenters. The zero-order valence-corrected chi connectivity index (χ0v) is 54.4. The van der Waals surface area contributed by atoms with Crippen LogP contribution in [0.1, 0.15) is 92.7 Å². The maximum absolute atomic E-state index is 9.64. The lowest BCUT2D eigenvalue weighted by Crippen LogP contribution is -2.61. The van der Waals surface area contributed by atoms with Crippen LogP contribution in [-0.2, 0) is 16.2 Å². The Morgan fingerprint density at radius 1 is 0.309 bits per heavy atom. The Morgan fingerprint density at radius 3 is 1.21 bits per heavy atom. The number of fused-ring (bicyclic) bond motifs is 7. The average Bonchev–Trinajstić information content (AvgIpc) is 0.937. The molecule has 0 atom stereocenters. The van der Waals surface area contributed by atoms with Gasteiger partial charge in [-0.25, -0.2) is 0 Å². The zero-order chi connectivity index (χ0) is 72.9. The number of nitrogens with zero attached hydrogens (tertiary/aromatic N) is 3. The molecule has 14 aromatic rings. The van der Waals surface area contributed by atoms with Gasteiger partial charge in [0.15, 0.2) is 0 Å². The van der Waals surface area contributed by atoms with E-state index in [4.69, 9.17) is 8.22 Å². The van der Waals surface area contributed by atoms with Crippen LogP contribution in [0, 0.1) is 0 Å². The molecule has 0 saturated heterocycles. The molecule has 0 amide bonds. The Labute approximate surface area is 569 Å². The summed E-state index contributed by atoms with van der Waals surface area (Å²) in [6, 6.07) is 79.3. The highest BCUT2D eigenvalue weighted by molar-refractivity contribution is 7.00. The molecule has 4 heteroatoms. The molecule has 0 radical (unpaired) electrons. The molecule has 3 nitrogen and oxygen atoms in total. The van der Waals surface area contributed by atoms with Crippen molar-refractivity contribution < 1.29 is 13.7 Å². The van der Waals surface area contributed by atoms with Gasteiger partial charge in [-0.15, -0.1) is 0 Å². The minimum Gasteiger partial charge on any atom is -0.310 e. The van der Waals surface area contributed by atoms with E-state index in [0.29, 0.717) is 22.5 Å². The maximum atomic E-state index is 9.64. The molecule has 0 N–H and O–H groups in total. The van der Waals surface area contributed by atoms with E-state index >= 15 is 0 Å². The van der Waals surface area contributed by atoms with E-state index in [1.807, 2.05) is 48.5 Å². The van der Waals surface area contributed by atoms with E-state index in [1.165, 1.54) is 0 Å². The summed E-state index contributed by atoms with van der Waals surface area (Å²) >= 11 is 0. The average molecular weight is 1220 g/mol. The summed E-state index contributed by atoms with van der Waals surface area (Å²) in [7, 11) is 0. The second kappa shape index (κ2) is 22.6. The fourth-order valence-corrected chi connectivity index (χ4v) is 14.4. The van der Waals surface area contributed by atoms with Gasteiger partial charge in [-0.05, 0) is 160 Å². The Kier molecular flexibility index (Phi) is 11.6. The number of anilines is 6. The zero-order valence-electron chi connectivity index (χ0n) is 64.4. The Hall–Kier alpha value is -10.7. The summed E-state index contributed by atoms with van der Waals surface area (Å²) in [5, 5.41) is 1.95. The van der Waals surface area contributed by atoms with Crippen molar-refractivity contribution in [3.8, 4) is 72.4 Å². The lowest BCUT2D eigenvalue weighted by molar-refractivity contribution is 0.569. The molecule has 3 heterocycles. The van der Waals surface area contributed by atoms with Crippen LogP contribution in [0.25, 0.3) is 94.3 Å². The van der Waals surface area contributed by atoms with Crippen LogP contribution in [0.5, 0.6) is 0 Å². The van der Waals surface area contributed by atoms with E-state index in [-0.39, 0.29) is 51.5 Å². The third-order valence-corrected chi connectivity index (χ3v) is 19.2. The van der Waals surface area contributed by atoms with Crippen molar-refractivity contribution in [3.05, 3.63) is 314 Å². The van der Waals surface area contributed by atoms with Gasteiger partial charge in [0.2, 0.25) is 0 Å². The smallest absolute Gasteiger partial charge is 0.252 e. The molecule has 454 valence electrons. The largest absolute Gasteiger partial charge is 0.310 e. The molecule has 0 saturated carbocycles. The van der Waals surface area contributed by atoms with Crippen molar-refractivity contribution in [2.75, 3.05) is 9.80 Å². The summed E-state index contributed by atoms with van der Waals surface area (Å²) in [6.07, 6.45) is 0. The van der Waals surface area contributed by atoms with Crippen LogP contribution in [0.3, 0.4) is 0 Å². The first-order valence-corrected chi connectivity index (χ1v) is 32.5. The van der Waals surface area contributed by atoms with E-state index in [9.17, 15) is 5.48 Å². The predicted molar refractivity (Wildman–Crippen MR) is 404 cm³/mol. The number of rotatable bonds is 9. The predicted octanol–water partition coefficient (Wildman–Crippen LogP) is 22.8. The number of para-hydroxylation sites is 2. The number of aromatic nitrogens is 1. The van der Waals surface area contributed by atoms with Crippen molar-refractivity contribution >= 4 is 79.0 Å². The fraction of sp³-hybridized carbons (Fsp3) is 0.133. The molecule has 0 spiro atoms. The minimum atomic E-state index is -0.625. The highest BCUT2D eigenvalue weighted by Crippen LogP contribution is 2.56. The van der Waals surface area contributed by atoms with Crippen LogP contribution >= 0.6 is 0 Å². The molecule has 13 aromatic carbocycles. The lowest BCUT2D eigenvalue weighted by Gasteiger charge is -2.46. The standard InChI is InChI=1S/C90H76BN3/c1-88(2,3)68-50-66(51-69(56-68)89(4,5)6)67-54-82-85-83(55-67)94(87-72(61-34-20-12-21-35-61)46-49-79-84(87)73-42-28-29-43-78(73)92(79)71-40-26-15-27-41-71)81-53-65(60-32-18-11-19-33-60)45-48-77(81)91(85)76-47-44-64(59-30-16-10-17-31-59)52-80(76)93(82)86-74(62-36-22-13-23-37-62)57-70(90(7,8)9)58-75(86)63-38-24-14-25-39-63/h10-58H,1-9H3/i10D,11D,16D,17D,18D,19D,30D,31D,32D,33D. The molecule has 1 aromatic heterocycles. The number of hydrogen-bond donors (Lipinski definition) is 0. The maximum Gasteiger partial charge on any atom is 0.252 e. The lowest BCUT2D eigenvalue weighted by atomic mass is 9.33. The molecule has 2 aliphatic heterocycles. The summed E-state index contributed by atoms with van der Waals surface area (Å²) in [5.41, 5.74) is 21.4. The van der Waals surface area contributed by atoms with Crippen LogP contribution in [0.2, 0.25) is 0 Å². The summed E-state index contributed by atoms with van der Waals surface area (Å²) in [5.74, 6) is 0. The van der Waals surface area contributed by atoms with Crippen LogP contribution in [0.15, 0.2) is 297 Å². The van der Waals surface area contributed by atoms with Gasteiger partial charge in [-0.1, -0.05) is 299 Å². The van der Waals surface area contributed by atoms with Crippen molar-refractivity contribution in [1.82, 2.24) is 4.57 Å². The second-order valence-electron chi connectivity index (χ2n) is 28.2. The Morgan fingerprint density at radius 2 is 0.723 bits per heavy atom. The van der Waals surface area contributed by atoms with Gasteiger partial charge in [0.1, 0.15) is 0 Å². The van der Waals surface area contributed by atoms with Gasteiger partial charge in [-0.3, -0.25) is 0 Å². The monoisotopic (exact) mass is 1220 g/mol. The number of benzene rings is 13. The number of hydrogen-bond acceptors (Lipinski definition) is 2. The van der Waals surface area contributed by atoms with Crippen molar-refractivity contribution in [1.29, 1.82) is 0 Å². The van der Waals surface area contributed by atoms with E-state index in [1.54, 1.807) is 0 Å². The second-order valence-corrected chi connectivity index (χ2v) is 28.2. The highest BCUT2D eigenvalue weighted by Gasteiger charge is 2.46. The van der Waals surface area contributed by atoms with Crippen LogP contribution in [0.4, 0.5) is 34.1 Å². The first-order valence-electron chi connectivity index (χ1n) is 37.5. The first-order chi connectivity index (χ1) is 49.7. The topological polar surface area (TPSA) is 11.4 Å². The molecule has 0 aliphatic carbocycles. The van der Waals surface area contributed by atoms with Crippen LogP contribution < -0.4 is 26.2 Å². The normalized spacial score (nSPS) is 14.4. The van der Waals surface area contributed by atoms with Crippen LogP contribution in [-0.4, -0.2) is 11.3 Å². The fourth-order valence-electron chi connectivity index (χ4n) is 14.4. The third-order valence-electron chi connectivity index (χ3n) is 19.2. The van der Waals surface area contributed by atoms with E-state index < -0.39 is 43.0 Å². The van der Waals surface area contributed by atoms with Gasteiger partial charge in [-0.2, -0.15) is 0 Å². The van der Waals surface area contributed by atoms with Gasteiger partial charge < -0.3 is 14.4 Å². The molecule has 94 heavy (non-hydrogen) atoms. The molecule has 2 aliphatic rings. The summed E-state index contributed by atoms with van der Waals surface area (Å²) < 4.78 is 95.0. The molecular weight excluding hydrogens is 1130 g/mol. The van der Waals surface area contributed by atoms with E-state index in [0.717, 1.165) is 128 Å².